The van der Waals surface area contributed by atoms with Crippen molar-refractivity contribution in [3.63, 3.8) is 0 Å². The number of anilines is 2. The highest BCUT2D eigenvalue weighted by Gasteiger charge is 2.26. The van der Waals surface area contributed by atoms with Gasteiger partial charge in [-0.3, -0.25) is 4.79 Å². The topological polar surface area (TPSA) is 86.8 Å². The second-order valence-electron chi connectivity index (χ2n) is 6.82. The number of aryl methyl sites for hydroxylation is 1. The highest BCUT2D eigenvalue weighted by Crippen LogP contribution is 2.29. The molecule has 0 unspecified atom stereocenters. The summed E-state index contributed by atoms with van der Waals surface area (Å²) in [6.07, 6.45) is 6.96. The van der Waals surface area contributed by atoms with Gasteiger partial charge in [0.25, 0.3) is 5.91 Å². The lowest BCUT2D eigenvalue weighted by Crippen LogP contribution is -2.39. The maximum absolute atomic E-state index is 12.6. The normalized spacial score (nSPS) is 16.9. The lowest BCUT2D eigenvalue weighted by molar-refractivity contribution is 0.0702. The molecule has 4 heterocycles. The Hall–Kier alpha value is -3.22. The first kappa shape index (κ1) is 17.2. The van der Waals surface area contributed by atoms with Gasteiger partial charge < -0.3 is 15.2 Å². The summed E-state index contributed by atoms with van der Waals surface area (Å²) in [5.41, 5.74) is 2.68. The number of likely N-dealkylation sites (tertiary alicyclic amines) is 1. The fourth-order valence-electron chi connectivity index (χ4n) is 3.49. The fraction of sp³-hybridized carbons (Fsp3) is 0.300. The molecule has 0 bridgehead atoms. The Kier molecular flexibility index (Phi) is 4.82. The number of pyridine rings is 2. The Bertz CT molecular complexity index is 924. The number of aromatic amines is 1. The number of aromatic nitrogens is 4. The second kappa shape index (κ2) is 7.57. The van der Waals surface area contributed by atoms with Gasteiger partial charge in [0.1, 0.15) is 17.3 Å². The highest BCUT2D eigenvalue weighted by molar-refractivity contribution is 5.92. The van der Waals surface area contributed by atoms with Gasteiger partial charge in [0, 0.05) is 30.9 Å². The maximum atomic E-state index is 12.6. The van der Waals surface area contributed by atoms with E-state index in [-0.39, 0.29) is 5.91 Å². The van der Waals surface area contributed by atoms with Gasteiger partial charge in [0.15, 0.2) is 0 Å². The van der Waals surface area contributed by atoms with Crippen molar-refractivity contribution in [3.05, 3.63) is 66.0 Å². The molecule has 27 heavy (non-hydrogen) atoms. The predicted octanol–water partition coefficient (Wildman–Crippen LogP) is 3.27. The summed E-state index contributed by atoms with van der Waals surface area (Å²) in [4.78, 5) is 30.2. The van der Waals surface area contributed by atoms with Gasteiger partial charge in [-0.2, -0.15) is 0 Å². The third kappa shape index (κ3) is 3.97. The van der Waals surface area contributed by atoms with Crippen LogP contribution < -0.4 is 5.32 Å². The average Bonchev–Trinajstić information content (AvgIpc) is 3.23. The van der Waals surface area contributed by atoms with Crippen molar-refractivity contribution in [2.75, 3.05) is 18.4 Å². The van der Waals surface area contributed by atoms with Crippen molar-refractivity contribution in [1.82, 2.24) is 24.8 Å². The average molecular weight is 362 g/mol. The number of hydrogen-bond donors (Lipinski definition) is 2. The van der Waals surface area contributed by atoms with Crippen LogP contribution in [0.25, 0.3) is 0 Å². The summed E-state index contributed by atoms with van der Waals surface area (Å²) < 4.78 is 0. The number of piperidine rings is 1. The Morgan fingerprint density at radius 2 is 2.22 bits per heavy atom. The number of imidazole rings is 1. The number of H-pyrrole nitrogens is 1. The van der Waals surface area contributed by atoms with E-state index in [1.54, 1.807) is 6.20 Å². The van der Waals surface area contributed by atoms with Crippen molar-refractivity contribution < 1.29 is 4.79 Å². The minimum atomic E-state index is 0.00793. The molecule has 2 N–H and O–H groups in total. The van der Waals surface area contributed by atoms with Crippen LogP contribution in [-0.4, -0.2) is 43.8 Å². The Morgan fingerprint density at radius 3 is 3.04 bits per heavy atom. The molecule has 3 aromatic rings. The Morgan fingerprint density at radius 1 is 1.30 bits per heavy atom. The number of hydrogen-bond acceptors (Lipinski definition) is 5. The van der Waals surface area contributed by atoms with Crippen molar-refractivity contribution in [1.29, 1.82) is 0 Å². The third-order valence-electron chi connectivity index (χ3n) is 4.84. The molecule has 7 nitrogen and oxygen atoms in total. The molecule has 7 heteroatoms. The van der Waals surface area contributed by atoms with E-state index in [4.69, 9.17) is 0 Å². The van der Waals surface area contributed by atoms with Crippen LogP contribution in [0.2, 0.25) is 0 Å². The molecule has 1 saturated heterocycles. The van der Waals surface area contributed by atoms with E-state index < -0.39 is 0 Å². The summed E-state index contributed by atoms with van der Waals surface area (Å²) in [6.45, 7) is 3.43. The van der Waals surface area contributed by atoms with Crippen LogP contribution in [0.1, 0.15) is 40.5 Å². The maximum Gasteiger partial charge on any atom is 0.271 e. The van der Waals surface area contributed by atoms with E-state index >= 15 is 0 Å². The molecular weight excluding hydrogens is 340 g/mol. The number of nitrogens with one attached hydrogen (secondary N) is 2. The third-order valence-corrected chi connectivity index (χ3v) is 4.84. The first-order valence-electron chi connectivity index (χ1n) is 9.13. The molecular formula is C20H22N6O. The zero-order valence-electron chi connectivity index (χ0n) is 15.2. The van der Waals surface area contributed by atoms with Crippen LogP contribution in [0, 0.1) is 6.92 Å². The van der Waals surface area contributed by atoms with Crippen molar-refractivity contribution in [3.8, 4) is 0 Å². The van der Waals surface area contributed by atoms with Gasteiger partial charge in [-0.15, -0.1) is 0 Å². The molecule has 0 spiro atoms. The van der Waals surface area contributed by atoms with Gasteiger partial charge in [0.2, 0.25) is 0 Å². The van der Waals surface area contributed by atoms with Crippen LogP contribution in [0.15, 0.2) is 49.1 Å². The molecule has 4 rings (SSSR count). The summed E-state index contributed by atoms with van der Waals surface area (Å²) in [6, 6.07) is 9.94. The van der Waals surface area contributed by atoms with E-state index in [0.29, 0.717) is 18.2 Å². The van der Waals surface area contributed by atoms with Crippen molar-refractivity contribution in [2.24, 2.45) is 0 Å². The number of amides is 1. The predicted molar refractivity (Wildman–Crippen MR) is 103 cm³/mol. The number of carbonyl (C=O) groups excluding carboxylic acids is 1. The SMILES string of the molecule is Cc1cccc(Nc2cc([C@@H]3CCCN(C(=O)c4cnc[nH]4)C3)ccn2)n1. The molecule has 3 aromatic heterocycles. The van der Waals surface area contributed by atoms with Crippen LogP contribution in [0.3, 0.4) is 0 Å². The monoisotopic (exact) mass is 362 g/mol. The quantitative estimate of drug-likeness (QED) is 0.744. The second-order valence-corrected chi connectivity index (χ2v) is 6.82. The van der Waals surface area contributed by atoms with Crippen LogP contribution >= 0.6 is 0 Å². The summed E-state index contributed by atoms with van der Waals surface area (Å²) in [5.74, 6) is 1.84. The van der Waals surface area contributed by atoms with Crippen LogP contribution in [-0.2, 0) is 0 Å². The lowest BCUT2D eigenvalue weighted by Gasteiger charge is -2.32. The molecule has 0 aliphatic carbocycles. The smallest absolute Gasteiger partial charge is 0.271 e. The molecule has 138 valence electrons. The molecule has 1 fully saturated rings. The molecule has 0 saturated carbocycles. The van der Waals surface area contributed by atoms with Gasteiger partial charge in [-0.25, -0.2) is 15.0 Å². The van der Waals surface area contributed by atoms with Crippen LogP contribution in [0.5, 0.6) is 0 Å². The zero-order valence-corrected chi connectivity index (χ0v) is 15.2. The first-order chi connectivity index (χ1) is 13.2. The van der Waals surface area contributed by atoms with Crippen molar-refractivity contribution >= 4 is 17.5 Å². The van der Waals surface area contributed by atoms with Gasteiger partial charge in [-0.05, 0) is 49.6 Å². The largest absolute Gasteiger partial charge is 0.341 e. The van der Waals surface area contributed by atoms with Crippen molar-refractivity contribution in [2.45, 2.75) is 25.7 Å². The highest BCUT2D eigenvalue weighted by atomic mass is 16.2. The van der Waals surface area contributed by atoms with E-state index in [1.807, 2.05) is 42.3 Å². The number of rotatable bonds is 4. The van der Waals surface area contributed by atoms with Gasteiger partial charge in [-0.1, -0.05) is 6.07 Å². The lowest BCUT2D eigenvalue weighted by atomic mass is 9.91. The summed E-state index contributed by atoms with van der Waals surface area (Å²) in [7, 11) is 0. The molecule has 1 aliphatic rings. The van der Waals surface area contributed by atoms with Crippen LogP contribution in [0.4, 0.5) is 11.6 Å². The van der Waals surface area contributed by atoms with E-state index in [2.05, 4.69) is 31.3 Å². The fourth-order valence-corrected chi connectivity index (χ4v) is 3.49. The number of nitrogens with zero attached hydrogens (tertiary/aromatic N) is 4. The molecule has 0 aromatic carbocycles. The summed E-state index contributed by atoms with van der Waals surface area (Å²) in [5, 5.41) is 3.26. The minimum Gasteiger partial charge on any atom is -0.341 e. The molecule has 0 radical (unpaired) electrons. The molecule has 1 amide bonds. The minimum absolute atomic E-state index is 0.00793. The first-order valence-corrected chi connectivity index (χ1v) is 9.13. The molecule has 1 aliphatic heterocycles. The van der Waals surface area contributed by atoms with E-state index in [9.17, 15) is 4.79 Å². The standard InChI is InChI=1S/C20H22N6O/c1-14-4-2-6-18(24-14)25-19-10-15(7-8-22-19)16-5-3-9-26(12-16)20(27)17-11-21-13-23-17/h2,4,6-8,10-11,13,16H,3,5,9,12H2,1H3,(H,21,23)(H,22,24,25)/t16-/m1/s1. The Labute approximate surface area is 157 Å². The summed E-state index contributed by atoms with van der Waals surface area (Å²) >= 11 is 0. The van der Waals surface area contributed by atoms with Gasteiger partial charge in [0.05, 0.1) is 12.5 Å². The van der Waals surface area contributed by atoms with E-state index in [0.717, 1.165) is 36.7 Å². The van der Waals surface area contributed by atoms with Gasteiger partial charge >= 0.3 is 0 Å². The Balaban J connectivity index is 1.48. The zero-order chi connectivity index (χ0) is 18.6. The van der Waals surface area contributed by atoms with E-state index in [1.165, 1.54) is 11.9 Å². The number of carbonyl (C=O) groups is 1. The molecule has 1 atom stereocenters.